The molecule has 0 spiro atoms. The SMILES string of the molecule is CCC#Cc1cccc2cc(C(C)NC(=O)c3nccnc3N)n(-c3ccccc3)c(=O)c12. The molecule has 0 aliphatic carbocycles. The lowest BCUT2D eigenvalue weighted by Gasteiger charge is -2.21. The molecular formula is C26H23N5O2. The summed E-state index contributed by atoms with van der Waals surface area (Å²) in [6.45, 7) is 3.78. The third kappa shape index (κ3) is 4.32. The van der Waals surface area contributed by atoms with Gasteiger partial charge in [0.05, 0.1) is 11.4 Å². The van der Waals surface area contributed by atoms with Crippen molar-refractivity contribution < 1.29 is 4.79 Å². The van der Waals surface area contributed by atoms with Crippen LogP contribution in [-0.4, -0.2) is 20.4 Å². The van der Waals surface area contributed by atoms with Crippen LogP contribution in [0.5, 0.6) is 0 Å². The highest BCUT2D eigenvalue weighted by Gasteiger charge is 2.21. The number of nitrogens with one attached hydrogen (secondary N) is 1. The maximum Gasteiger partial charge on any atom is 0.274 e. The van der Waals surface area contributed by atoms with Gasteiger partial charge >= 0.3 is 0 Å². The van der Waals surface area contributed by atoms with Crippen LogP contribution in [0.2, 0.25) is 0 Å². The standard InChI is InChI=1S/C26H23N5O2/c1-3-4-9-18-10-8-11-19-16-21(17(2)30-25(32)23-24(27)29-15-14-28-23)31(26(33)22(18)19)20-12-6-5-7-13-20/h5-8,10-17H,3H2,1-2H3,(H2,27,29)(H,30,32). The maximum absolute atomic E-state index is 13.8. The van der Waals surface area contributed by atoms with E-state index in [0.717, 1.165) is 5.39 Å². The number of benzene rings is 2. The van der Waals surface area contributed by atoms with Crippen LogP contribution in [0.4, 0.5) is 5.82 Å². The zero-order valence-electron chi connectivity index (χ0n) is 18.4. The van der Waals surface area contributed by atoms with E-state index in [-0.39, 0.29) is 17.1 Å². The van der Waals surface area contributed by atoms with Crippen molar-refractivity contribution >= 4 is 22.5 Å². The minimum atomic E-state index is -0.526. The second-order valence-electron chi connectivity index (χ2n) is 7.46. The van der Waals surface area contributed by atoms with E-state index >= 15 is 0 Å². The van der Waals surface area contributed by atoms with Crippen molar-refractivity contribution in [2.45, 2.75) is 26.3 Å². The molecule has 2 heterocycles. The van der Waals surface area contributed by atoms with Crippen molar-refractivity contribution in [2.24, 2.45) is 0 Å². The number of para-hydroxylation sites is 1. The highest BCUT2D eigenvalue weighted by Crippen LogP contribution is 2.23. The highest BCUT2D eigenvalue weighted by molar-refractivity contribution is 5.96. The Bertz CT molecular complexity index is 1450. The Morgan fingerprint density at radius 1 is 1.12 bits per heavy atom. The lowest BCUT2D eigenvalue weighted by atomic mass is 10.0. The molecule has 2 aromatic carbocycles. The van der Waals surface area contributed by atoms with Gasteiger partial charge in [-0.05, 0) is 36.6 Å². The van der Waals surface area contributed by atoms with Crippen LogP contribution in [0, 0.1) is 11.8 Å². The Hall–Kier alpha value is -4.44. The smallest absolute Gasteiger partial charge is 0.274 e. The van der Waals surface area contributed by atoms with Crippen molar-refractivity contribution in [2.75, 3.05) is 5.73 Å². The molecule has 1 atom stereocenters. The summed E-state index contributed by atoms with van der Waals surface area (Å²) in [6, 6.07) is 16.3. The molecule has 2 aromatic heterocycles. The number of hydrogen-bond donors (Lipinski definition) is 2. The first-order valence-electron chi connectivity index (χ1n) is 10.6. The summed E-state index contributed by atoms with van der Waals surface area (Å²) >= 11 is 0. The van der Waals surface area contributed by atoms with E-state index in [2.05, 4.69) is 27.1 Å². The average Bonchev–Trinajstić information content (AvgIpc) is 2.83. The first kappa shape index (κ1) is 21.8. The van der Waals surface area contributed by atoms with Gasteiger partial charge in [0, 0.05) is 35.8 Å². The Kier molecular flexibility index (Phi) is 6.18. The van der Waals surface area contributed by atoms with Gasteiger partial charge in [0.2, 0.25) is 0 Å². The second kappa shape index (κ2) is 9.37. The number of pyridine rings is 1. The van der Waals surface area contributed by atoms with Crippen molar-refractivity contribution in [1.29, 1.82) is 0 Å². The number of nitrogen functional groups attached to an aromatic ring is 1. The van der Waals surface area contributed by atoms with E-state index in [4.69, 9.17) is 5.73 Å². The number of amides is 1. The third-order valence-corrected chi connectivity index (χ3v) is 5.22. The van der Waals surface area contributed by atoms with Crippen molar-refractivity contribution in [3.05, 3.63) is 94.3 Å². The van der Waals surface area contributed by atoms with Gasteiger partial charge in [-0.3, -0.25) is 14.2 Å². The van der Waals surface area contributed by atoms with Crippen molar-refractivity contribution in [3.63, 3.8) is 0 Å². The quantitative estimate of drug-likeness (QED) is 0.475. The molecule has 1 unspecified atom stereocenters. The fourth-order valence-electron chi connectivity index (χ4n) is 3.69. The zero-order valence-corrected chi connectivity index (χ0v) is 18.4. The summed E-state index contributed by atoms with van der Waals surface area (Å²) in [7, 11) is 0. The molecule has 164 valence electrons. The largest absolute Gasteiger partial charge is 0.382 e. The predicted octanol–water partition coefficient (Wildman–Crippen LogP) is 3.62. The van der Waals surface area contributed by atoms with Gasteiger partial charge in [0.1, 0.15) is 0 Å². The number of nitrogens with zero attached hydrogens (tertiary/aromatic N) is 3. The van der Waals surface area contributed by atoms with Gasteiger partial charge in [-0.25, -0.2) is 9.97 Å². The first-order valence-corrected chi connectivity index (χ1v) is 10.6. The highest BCUT2D eigenvalue weighted by atomic mass is 16.2. The molecule has 4 rings (SSSR count). The third-order valence-electron chi connectivity index (χ3n) is 5.22. The van der Waals surface area contributed by atoms with E-state index < -0.39 is 11.9 Å². The lowest BCUT2D eigenvalue weighted by molar-refractivity contribution is 0.0934. The topological polar surface area (TPSA) is 103 Å². The molecule has 0 aliphatic rings. The molecule has 0 saturated carbocycles. The number of nitrogens with two attached hydrogens (primary N) is 1. The van der Waals surface area contributed by atoms with Crippen LogP contribution in [0.15, 0.2) is 71.8 Å². The Labute approximate surface area is 191 Å². The number of carbonyl (C=O) groups is 1. The van der Waals surface area contributed by atoms with Crippen LogP contribution in [-0.2, 0) is 0 Å². The molecule has 0 saturated heterocycles. The monoisotopic (exact) mass is 437 g/mol. The van der Waals surface area contributed by atoms with E-state index in [9.17, 15) is 9.59 Å². The molecular weight excluding hydrogens is 414 g/mol. The van der Waals surface area contributed by atoms with E-state index in [0.29, 0.717) is 28.8 Å². The fraction of sp³-hybridized carbons (Fsp3) is 0.154. The van der Waals surface area contributed by atoms with Crippen LogP contribution >= 0.6 is 0 Å². The Morgan fingerprint density at radius 3 is 2.61 bits per heavy atom. The van der Waals surface area contributed by atoms with Crippen molar-refractivity contribution in [3.8, 4) is 17.5 Å². The van der Waals surface area contributed by atoms with E-state index in [1.807, 2.05) is 68.4 Å². The molecule has 1 amide bonds. The normalized spacial score (nSPS) is 11.5. The van der Waals surface area contributed by atoms with Crippen LogP contribution < -0.4 is 16.6 Å². The molecule has 7 nitrogen and oxygen atoms in total. The molecule has 0 aliphatic heterocycles. The van der Waals surface area contributed by atoms with Gasteiger partial charge in [-0.15, -0.1) is 0 Å². The summed E-state index contributed by atoms with van der Waals surface area (Å²) in [6.07, 6.45) is 3.52. The number of fused-ring (bicyclic) bond motifs is 1. The molecule has 3 N–H and O–H groups in total. The van der Waals surface area contributed by atoms with Crippen molar-refractivity contribution in [1.82, 2.24) is 19.9 Å². The number of carbonyl (C=O) groups excluding carboxylic acids is 1. The van der Waals surface area contributed by atoms with Crippen LogP contribution in [0.25, 0.3) is 16.5 Å². The van der Waals surface area contributed by atoms with Crippen LogP contribution in [0.3, 0.4) is 0 Å². The van der Waals surface area contributed by atoms with Gasteiger partial charge in [-0.1, -0.05) is 49.1 Å². The van der Waals surface area contributed by atoms with E-state index in [1.54, 1.807) is 4.57 Å². The molecule has 4 aromatic rings. The zero-order chi connectivity index (χ0) is 23.4. The minimum Gasteiger partial charge on any atom is -0.382 e. The first-order chi connectivity index (χ1) is 16.0. The number of aromatic nitrogens is 3. The molecule has 0 fully saturated rings. The summed E-state index contributed by atoms with van der Waals surface area (Å²) in [4.78, 5) is 34.6. The van der Waals surface area contributed by atoms with Gasteiger partial charge < -0.3 is 11.1 Å². The minimum absolute atomic E-state index is 0.0378. The van der Waals surface area contributed by atoms with Gasteiger partial charge in [0.15, 0.2) is 11.5 Å². The summed E-state index contributed by atoms with van der Waals surface area (Å²) in [5.74, 6) is 5.73. The number of hydrogen-bond acceptors (Lipinski definition) is 5. The molecule has 0 bridgehead atoms. The molecule has 0 radical (unpaired) electrons. The van der Waals surface area contributed by atoms with E-state index in [1.165, 1.54) is 12.4 Å². The predicted molar refractivity (Wildman–Crippen MR) is 129 cm³/mol. The Morgan fingerprint density at radius 2 is 1.88 bits per heavy atom. The Balaban J connectivity index is 1.89. The number of rotatable bonds is 4. The molecule has 33 heavy (non-hydrogen) atoms. The van der Waals surface area contributed by atoms with Crippen LogP contribution in [0.1, 0.15) is 48.1 Å². The maximum atomic E-state index is 13.8. The average molecular weight is 438 g/mol. The number of anilines is 1. The molecule has 7 heteroatoms. The summed E-state index contributed by atoms with van der Waals surface area (Å²) in [5.41, 5.74) is 7.64. The van der Waals surface area contributed by atoms with Gasteiger partial charge in [-0.2, -0.15) is 0 Å². The summed E-state index contributed by atoms with van der Waals surface area (Å²) < 4.78 is 1.62. The fourth-order valence-corrected chi connectivity index (χ4v) is 3.69. The van der Waals surface area contributed by atoms with Gasteiger partial charge in [0.25, 0.3) is 11.5 Å². The lowest BCUT2D eigenvalue weighted by Crippen LogP contribution is -2.33. The summed E-state index contributed by atoms with van der Waals surface area (Å²) in [5, 5.41) is 4.19. The second-order valence-corrected chi connectivity index (χ2v) is 7.46.